The van der Waals surface area contributed by atoms with Crippen molar-refractivity contribution in [3.05, 3.63) is 10.4 Å². The Kier molecular flexibility index (Phi) is 20.3. The van der Waals surface area contributed by atoms with Crippen molar-refractivity contribution in [2.75, 3.05) is 13.2 Å². The van der Waals surface area contributed by atoms with E-state index in [9.17, 15) is 38.4 Å². The van der Waals surface area contributed by atoms with Crippen molar-refractivity contribution in [2.24, 2.45) is 5.11 Å². The molecule has 2 rings (SSSR count). The van der Waals surface area contributed by atoms with E-state index in [4.69, 9.17) is 52.9 Å². The van der Waals surface area contributed by atoms with Gasteiger partial charge in [-0.25, -0.2) is 0 Å². The molecular weight excluding hydrogens is 758 g/mol. The molecule has 0 spiro atoms. The number of carbonyl (C=O) groups is 8. The standard InChI is InChI=1S/C14H19BrO9.C14H19N3O9.CH4/c1-6(16)20-5-10-11(21-7(2)17)12(22-8(3)18)13(14(15)24-10)23-9(4)19;1-6(18)22-5-10-11(23-7(2)19)12(24-8(3)20)13(25-9(4)21)14(26-10)16-17-15;/h10-14H,5H2,1-4H3;10-14H,5H2,1-4H3;1H4. The summed E-state index contributed by atoms with van der Waals surface area (Å²) in [5, 5.41) is 2.51. The first kappa shape index (κ1) is 46.5. The molecule has 0 N–H and O–H groups in total. The van der Waals surface area contributed by atoms with Crippen LogP contribution in [0.1, 0.15) is 62.8 Å². The number of nitrogens with zero attached hydrogens (tertiary/aromatic N) is 3. The van der Waals surface area contributed by atoms with E-state index in [0.717, 1.165) is 41.5 Å². The van der Waals surface area contributed by atoms with Crippen LogP contribution in [-0.2, 0) is 85.7 Å². The minimum atomic E-state index is -1.40. The Morgan fingerprint density at radius 2 is 0.843 bits per heavy atom. The van der Waals surface area contributed by atoms with Gasteiger partial charge in [0.25, 0.3) is 0 Å². The van der Waals surface area contributed by atoms with Crippen molar-refractivity contribution in [1.82, 2.24) is 0 Å². The highest BCUT2D eigenvalue weighted by Gasteiger charge is 2.53. The Morgan fingerprint density at radius 1 is 0.529 bits per heavy atom. The summed E-state index contributed by atoms with van der Waals surface area (Å²) in [6.07, 6.45) is -10.7. The fourth-order valence-electron chi connectivity index (χ4n) is 4.53. The second-order valence-corrected chi connectivity index (χ2v) is 11.2. The zero-order chi connectivity index (χ0) is 38.3. The van der Waals surface area contributed by atoms with Crippen molar-refractivity contribution in [3.8, 4) is 0 Å². The lowest BCUT2D eigenvalue weighted by Crippen LogP contribution is -2.61. The van der Waals surface area contributed by atoms with Crippen molar-refractivity contribution in [1.29, 1.82) is 0 Å². The second-order valence-electron chi connectivity index (χ2n) is 10.3. The van der Waals surface area contributed by atoms with Crippen LogP contribution in [0.15, 0.2) is 5.11 Å². The van der Waals surface area contributed by atoms with Crippen LogP contribution >= 0.6 is 15.9 Å². The smallest absolute Gasteiger partial charge is 0.303 e. The van der Waals surface area contributed by atoms with Crippen LogP contribution in [0, 0.1) is 0 Å². The fourth-order valence-corrected chi connectivity index (χ4v) is 5.21. The first-order valence-corrected chi connectivity index (χ1v) is 15.5. The normalized spacial score (nSPS) is 27.8. The monoisotopic (exact) mass is 799 g/mol. The SMILES string of the molecule is C.CC(=O)OCC1OC(Br)C(OC(C)=O)C(OC(C)=O)C1OC(C)=O.CC(=O)OCC1OC(N=[N+]=[N-])C(OC(C)=O)C(OC(C)=O)C1OC(C)=O. The van der Waals surface area contributed by atoms with Crippen molar-refractivity contribution in [2.45, 2.75) is 123 Å². The molecule has 0 amide bonds. The van der Waals surface area contributed by atoms with E-state index >= 15 is 0 Å². The molecular formula is C29H42BrN3O18. The Balaban J connectivity index is 0.000000964. The molecule has 0 bridgehead atoms. The number of esters is 8. The van der Waals surface area contributed by atoms with Crippen LogP contribution in [0.2, 0.25) is 0 Å². The van der Waals surface area contributed by atoms with Crippen molar-refractivity contribution >= 4 is 63.7 Å². The summed E-state index contributed by atoms with van der Waals surface area (Å²) in [7, 11) is 0. The highest BCUT2D eigenvalue weighted by atomic mass is 79.9. The largest absolute Gasteiger partial charge is 0.463 e. The van der Waals surface area contributed by atoms with Gasteiger partial charge in [0, 0.05) is 60.3 Å². The van der Waals surface area contributed by atoms with E-state index in [1.807, 2.05) is 0 Å². The maximum absolute atomic E-state index is 11.5. The summed E-state index contributed by atoms with van der Waals surface area (Å²) in [6, 6.07) is 0. The van der Waals surface area contributed by atoms with Gasteiger partial charge in [-0.1, -0.05) is 28.5 Å². The first-order chi connectivity index (χ1) is 23.3. The Bertz CT molecular complexity index is 1320. The van der Waals surface area contributed by atoms with Gasteiger partial charge >= 0.3 is 47.8 Å². The topological polar surface area (TPSA) is 278 Å². The van der Waals surface area contributed by atoms with E-state index in [1.165, 1.54) is 13.8 Å². The van der Waals surface area contributed by atoms with Gasteiger partial charge in [-0.2, -0.15) is 0 Å². The first-order valence-electron chi connectivity index (χ1n) is 14.6. The van der Waals surface area contributed by atoms with Gasteiger partial charge in [0.15, 0.2) is 47.9 Å². The third-order valence-electron chi connectivity index (χ3n) is 6.07. The highest BCUT2D eigenvalue weighted by Crippen LogP contribution is 2.32. The molecule has 0 saturated carbocycles. The molecule has 2 aliphatic rings. The third-order valence-corrected chi connectivity index (χ3v) is 6.80. The van der Waals surface area contributed by atoms with Gasteiger partial charge in [-0.15, -0.1) is 0 Å². The fraction of sp³-hybridized carbons (Fsp3) is 0.724. The average molecular weight is 801 g/mol. The lowest BCUT2D eigenvalue weighted by Gasteiger charge is -2.43. The van der Waals surface area contributed by atoms with E-state index in [2.05, 4.69) is 26.0 Å². The Morgan fingerprint density at radius 3 is 1.20 bits per heavy atom. The van der Waals surface area contributed by atoms with Crippen LogP contribution in [0.5, 0.6) is 0 Å². The number of hydrogen-bond acceptors (Lipinski definition) is 19. The van der Waals surface area contributed by atoms with E-state index < -0.39 is 108 Å². The van der Waals surface area contributed by atoms with E-state index in [-0.39, 0.29) is 20.6 Å². The van der Waals surface area contributed by atoms with Crippen molar-refractivity contribution < 1.29 is 85.7 Å². The number of azide groups is 1. The molecule has 10 unspecified atom stereocenters. The summed E-state index contributed by atoms with van der Waals surface area (Å²) in [5.41, 5.74) is 8.71. The van der Waals surface area contributed by atoms with Gasteiger partial charge in [0.2, 0.25) is 0 Å². The number of hydrogen-bond donors (Lipinski definition) is 0. The minimum Gasteiger partial charge on any atom is -0.463 e. The molecule has 288 valence electrons. The molecule has 0 aromatic heterocycles. The van der Waals surface area contributed by atoms with Crippen LogP contribution in [0.4, 0.5) is 0 Å². The summed E-state index contributed by atoms with van der Waals surface area (Å²) in [4.78, 5) is 93.1. The van der Waals surface area contributed by atoms with Gasteiger partial charge in [0.1, 0.15) is 25.4 Å². The number of alkyl halides is 1. The van der Waals surface area contributed by atoms with Gasteiger partial charge in [-0.3, -0.25) is 38.4 Å². The van der Waals surface area contributed by atoms with Crippen LogP contribution < -0.4 is 0 Å². The van der Waals surface area contributed by atoms with Crippen molar-refractivity contribution in [3.63, 3.8) is 0 Å². The Labute approximate surface area is 300 Å². The summed E-state index contributed by atoms with van der Waals surface area (Å²) >= 11 is 3.18. The van der Waals surface area contributed by atoms with Gasteiger partial charge in [0.05, 0.1) is 0 Å². The second kappa shape index (κ2) is 22.3. The average Bonchev–Trinajstić information content (AvgIpc) is 2.96. The predicted octanol–water partition coefficient (Wildman–Crippen LogP) is 1.48. The molecule has 10 atom stereocenters. The lowest BCUT2D eigenvalue weighted by molar-refractivity contribution is -0.251. The van der Waals surface area contributed by atoms with E-state index in [1.54, 1.807) is 0 Å². The van der Waals surface area contributed by atoms with Crippen LogP contribution in [0.3, 0.4) is 0 Å². The molecule has 0 radical (unpaired) electrons. The maximum Gasteiger partial charge on any atom is 0.303 e. The third kappa shape index (κ3) is 16.4. The molecule has 2 aliphatic heterocycles. The van der Waals surface area contributed by atoms with Crippen LogP contribution in [0.25, 0.3) is 10.4 Å². The lowest BCUT2D eigenvalue weighted by atomic mass is 9.97. The molecule has 21 nitrogen and oxygen atoms in total. The van der Waals surface area contributed by atoms with Gasteiger partial charge < -0.3 is 47.4 Å². The number of halogens is 1. The van der Waals surface area contributed by atoms with E-state index in [0.29, 0.717) is 0 Å². The summed E-state index contributed by atoms with van der Waals surface area (Å²) in [6.45, 7) is 8.53. The molecule has 22 heteroatoms. The number of carbonyl (C=O) groups excluding carboxylic acids is 8. The molecule has 0 aliphatic carbocycles. The molecule has 2 heterocycles. The summed E-state index contributed by atoms with van der Waals surface area (Å²) < 4.78 is 51.6. The van der Waals surface area contributed by atoms with Gasteiger partial charge in [-0.05, 0) is 5.53 Å². The maximum atomic E-state index is 11.5. The molecule has 0 aromatic rings. The zero-order valence-electron chi connectivity index (χ0n) is 28.3. The number of rotatable bonds is 11. The predicted molar refractivity (Wildman–Crippen MR) is 169 cm³/mol. The highest BCUT2D eigenvalue weighted by molar-refractivity contribution is 9.09. The Hall–Kier alpha value is -4.53. The molecule has 51 heavy (non-hydrogen) atoms. The number of ether oxygens (including phenoxy) is 10. The molecule has 2 saturated heterocycles. The molecule has 0 aromatic carbocycles. The molecule has 2 fully saturated rings. The summed E-state index contributed by atoms with van der Waals surface area (Å²) in [5.74, 6) is -5.44. The quantitative estimate of drug-likeness (QED) is 0.0714. The minimum absolute atomic E-state index is 0. The zero-order valence-corrected chi connectivity index (χ0v) is 29.8. The van der Waals surface area contributed by atoms with Crippen LogP contribution in [-0.4, -0.2) is 121 Å².